The second-order valence-corrected chi connectivity index (χ2v) is 5.00. The van der Waals surface area contributed by atoms with Crippen molar-refractivity contribution in [1.29, 1.82) is 0 Å². The largest absolute Gasteiger partial charge is 0.478 e. The number of carboxylic acids is 1. The van der Waals surface area contributed by atoms with Gasteiger partial charge in [-0.15, -0.1) is 0 Å². The number of nitrogens with one attached hydrogen (secondary N) is 1. The molecule has 3 nitrogen and oxygen atoms in total. The van der Waals surface area contributed by atoms with Crippen LogP contribution in [-0.2, 0) is 0 Å². The zero-order chi connectivity index (χ0) is 14.7. The van der Waals surface area contributed by atoms with Gasteiger partial charge in [-0.05, 0) is 55.3 Å². The fourth-order valence-corrected chi connectivity index (χ4v) is 2.32. The predicted octanol–water partition coefficient (Wildman–Crippen LogP) is 3.31. The van der Waals surface area contributed by atoms with Crippen molar-refractivity contribution < 1.29 is 9.90 Å². The summed E-state index contributed by atoms with van der Waals surface area (Å²) in [5, 5.41) is 12.3. The Morgan fingerprint density at radius 3 is 2.35 bits per heavy atom. The number of aryl methyl sites for hydroxylation is 2. The summed E-state index contributed by atoms with van der Waals surface area (Å²) in [4.78, 5) is 11.1. The molecule has 2 N–H and O–H groups in total. The summed E-state index contributed by atoms with van der Waals surface area (Å²) in [6.07, 6.45) is 0. The first-order valence-electron chi connectivity index (χ1n) is 6.60. The Balaban J connectivity index is 2.43. The molecule has 0 amide bonds. The van der Waals surface area contributed by atoms with Gasteiger partial charge in [-0.25, -0.2) is 4.79 Å². The van der Waals surface area contributed by atoms with Gasteiger partial charge in [0.05, 0.1) is 11.6 Å². The lowest BCUT2D eigenvalue weighted by atomic mass is 9.95. The normalized spacial score (nSPS) is 12.2. The van der Waals surface area contributed by atoms with Gasteiger partial charge in [0.25, 0.3) is 0 Å². The molecule has 104 valence electrons. The maximum Gasteiger partial charge on any atom is 0.335 e. The van der Waals surface area contributed by atoms with E-state index in [0.717, 1.165) is 11.1 Å². The fourth-order valence-electron chi connectivity index (χ4n) is 2.32. The van der Waals surface area contributed by atoms with E-state index >= 15 is 0 Å². The second kappa shape index (κ2) is 5.88. The number of hydrogen-bond acceptors (Lipinski definition) is 2. The number of hydrogen-bond donors (Lipinski definition) is 2. The van der Waals surface area contributed by atoms with Crippen LogP contribution in [0.2, 0.25) is 0 Å². The standard InChI is InChI=1S/C17H19NO2/c1-11-7-8-14(9-12(11)2)16(18-3)13-5-4-6-15(10-13)17(19)20/h4-10,16,18H,1-3H3,(H,19,20). The molecule has 0 radical (unpaired) electrons. The highest BCUT2D eigenvalue weighted by molar-refractivity contribution is 5.87. The smallest absolute Gasteiger partial charge is 0.335 e. The van der Waals surface area contributed by atoms with Crippen LogP contribution in [0.4, 0.5) is 0 Å². The van der Waals surface area contributed by atoms with Crippen LogP contribution in [0.15, 0.2) is 42.5 Å². The van der Waals surface area contributed by atoms with E-state index in [0.29, 0.717) is 5.56 Å². The summed E-state index contributed by atoms with van der Waals surface area (Å²) in [6, 6.07) is 13.4. The molecule has 2 aromatic rings. The molecule has 0 aromatic heterocycles. The lowest BCUT2D eigenvalue weighted by Crippen LogP contribution is -2.18. The number of rotatable bonds is 4. The van der Waals surface area contributed by atoms with Gasteiger partial charge in [0.2, 0.25) is 0 Å². The minimum Gasteiger partial charge on any atom is -0.478 e. The van der Waals surface area contributed by atoms with Crippen LogP contribution in [-0.4, -0.2) is 18.1 Å². The van der Waals surface area contributed by atoms with Gasteiger partial charge in [0.15, 0.2) is 0 Å². The van der Waals surface area contributed by atoms with Crippen LogP contribution < -0.4 is 5.32 Å². The molecule has 0 bridgehead atoms. The Morgan fingerprint density at radius 1 is 1.05 bits per heavy atom. The number of aromatic carboxylic acids is 1. The molecular weight excluding hydrogens is 250 g/mol. The maximum atomic E-state index is 11.1. The molecule has 0 aliphatic rings. The van der Waals surface area contributed by atoms with Crippen molar-refractivity contribution in [2.45, 2.75) is 19.9 Å². The van der Waals surface area contributed by atoms with Crippen LogP contribution in [0.5, 0.6) is 0 Å². The van der Waals surface area contributed by atoms with Crippen molar-refractivity contribution in [2.24, 2.45) is 0 Å². The van der Waals surface area contributed by atoms with Crippen LogP contribution >= 0.6 is 0 Å². The average molecular weight is 269 g/mol. The Labute approximate surface area is 119 Å². The summed E-state index contributed by atoms with van der Waals surface area (Å²) in [6.45, 7) is 4.16. The lowest BCUT2D eigenvalue weighted by Gasteiger charge is -2.19. The molecule has 0 saturated carbocycles. The van der Waals surface area contributed by atoms with Gasteiger partial charge in [0.1, 0.15) is 0 Å². The van der Waals surface area contributed by atoms with Gasteiger partial charge >= 0.3 is 5.97 Å². The summed E-state index contributed by atoms with van der Waals surface area (Å²) in [5.41, 5.74) is 4.89. The summed E-state index contributed by atoms with van der Waals surface area (Å²) < 4.78 is 0. The average Bonchev–Trinajstić information content (AvgIpc) is 2.44. The van der Waals surface area contributed by atoms with Gasteiger partial charge in [-0.2, -0.15) is 0 Å². The molecule has 0 aliphatic heterocycles. The maximum absolute atomic E-state index is 11.1. The summed E-state index contributed by atoms with van der Waals surface area (Å²) in [5.74, 6) is -0.901. The molecule has 1 atom stereocenters. The number of carboxylic acid groups (broad SMARTS) is 1. The van der Waals surface area contributed by atoms with Crippen molar-refractivity contribution in [1.82, 2.24) is 5.32 Å². The minimum absolute atomic E-state index is 0.00593. The van der Waals surface area contributed by atoms with Crippen LogP contribution in [0.3, 0.4) is 0 Å². The fraction of sp³-hybridized carbons (Fsp3) is 0.235. The van der Waals surface area contributed by atoms with E-state index in [1.165, 1.54) is 11.1 Å². The van der Waals surface area contributed by atoms with Gasteiger partial charge < -0.3 is 10.4 Å². The van der Waals surface area contributed by atoms with E-state index in [2.05, 4.69) is 37.4 Å². The molecule has 2 aromatic carbocycles. The van der Waals surface area contributed by atoms with Crippen LogP contribution in [0.1, 0.15) is 38.7 Å². The van der Waals surface area contributed by atoms with Gasteiger partial charge in [-0.3, -0.25) is 0 Å². The molecule has 0 aliphatic carbocycles. The lowest BCUT2D eigenvalue weighted by molar-refractivity contribution is 0.0696. The van der Waals surface area contributed by atoms with Gasteiger partial charge in [0, 0.05) is 0 Å². The third-order valence-electron chi connectivity index (χ3n) is 3.62. The zero-order valence-electron chi connectivity index (χ0n) is 12.0. The van der Waals surface area contributed by atoms with Crippen molar-refractivity contribution >= 4 is 5.97 Å². The molecule has 0 saturated heterocycles. The van der Waals surface area contributed by atoms with Gasteiger partial charge in [-0.1, -0.05) is 30.3 Å². The number of carbonyl (C=O) groups is 1. The first-order chi connectivity index (χ1) is 9.52. The molecular formula is C17H19NO2. The first-order valence-corrected chi connectivity index (χ1v) is 6.60. The Morgan fingerprint density at radius 2 is 1.75 bits per heavy atom. The minimum atomic E-state index is -0.901. The summed E-state index contributed by atoms with van der Waals surface area (Å²) >= 11 is 0. The SMILES string of the molecule is CNC(c1cccc(C(=O)O)c1)c1ccc(C)c(C)c1. The Bertz CT molecular complexity index is 635. The molecule has 1 unspecified atom stereocenters. The van der Waals surface area contributed by atoms with Crippen molar-refractivity contribution in [3.05, 3.63) is 70.3 Å². The molecule has 0 spiro atoms. The number of benzene rings is 2. The highest BCUT2D eigenvalue weighted by Crippen LogP contribution is 2.24. The summed E-state index contributed by atoms with van der Waals surface area (Å²) in [7, 11) is 1.88. The predicted molar refractivity (Wildman–Crippen MR) is 80.2 cm³/mol. The topological polar surface area (TPSA) is 49.3 Å². The highest BCUT2D eigenvalue weighted by Gasteiger charge is 2.14. The third kappa shape index (κ3) is 2.89. The Hall–Kier alpha value is -2.13. The monoisotopic (exact) mass is 269 g/mol. The Kier molecular flexibility index (Phi) is 4.20. The highest BCUT2D eigenvalue weighted by atomic mass is 16.4. The van der Waals surface area contributed by atoms with E-state index in [9.17, 15) is 4.79 Å². The van der Waals surface area contributed by atoms with Crippen molar-refractivity contribution in [3.8, 4) is 0 Å². The third-order valence-corrected chi connectivity index (χ3v) is 3.62. The molecule has 2 rings (SSSR count). The van der Waals surface area contributed by atoms with Crippen LogP contribution in [0, 0.1) is 13.8 Å². The van der Waals surface area contributed by atoms with E-state index in [1.54, 1.807) is 18.2 Å². The zero-order valence-corrected chi connectivity index (χ0v) is 12.0. The molecule has 0 fully saturated rings. The quantitative estimate of drug-likeness (QED) is 0.895. The first kappa shape index (κ1) is 14.3. The molecule has 20 heavy (non-hydrogen) atoms. The van der Waals surface area contributed by atoms with E-state index in [1.807, 2.05) is 13.1 Å². The van der Waals surface area contributed by atoms with Crippen molar-refractivity contribution in [2.75, 3.05) is 7.05 Å². The van der Waals surface area contributed by atoms with Crippen LogP contribution in [0.25, 0.3) is 0 Å². The second-order valence-electron chi connectivity index (χ2n) is 5.00. The van der Waals surface area contributed by atoms with E-state index in [-0.39, 0.29) is 6.04 Å². The molecule has 3 heteroatoms. The van der Waals surface area contributed by atoms with Crippen molar-refractivity contribution in [3.63, 3.8) is 0 Å². The molecule has 0 heterocycles. The van der Waals surface area contributed by atoms with E-state index < -0.39 is 5.97 Å². The van der Waals surface area contributed by atoms with E-state index in [4.69, 9.17) is 5.11 Å².